The Morgan fingerprint density at radius 3 is 2.44 bits per heavy atom. The average Bonchev–Trinajstić information content (AvgIpc) is 3.66. The molecule has 1 aromatic heterocycles. The highest BCUT2D eigenvalue weighted by molar-refractivity contribution is 6.33. The van der Waals surface area contributed by atoms with Gasteiger partial charge in [0.25, 0.3) is 0 Å². The van der Waals surface area contributed by atoms with Crippen molar-refractivity contribution >= 4 is 29.2 Å². The molecule has 0 saturated heterocycles. The number of aromatic carboxylic acids is 1. The molecule has 39 heavy (non-hydrogen) atoms. The van der Waals surface area contributed by atoms with Crippen LogP contribution in [-0.4, -0.2) is 21.3 Å². The van der Waals surface area contributed by atoms with Gasteiger partial charge in [-0.3, -0.25) is 0 Å². The van der Waals surface area contributed by atoms with Crippen molar-refractivity contribution in [1.82, 2.24) is 5.16 Å². The minimum absolute atomic E-state index is 0.131. The minimum atomic E-state index is -1.05. The summed E-state index contributed by atoms with van der Waals surface area (Å²) in [5.41, 5.74) is 4.32. The SMILES string of the molecule is Cc1cccc(Cl)c1-c1noc(C2CC2)c1COc1ccc(C2(O)CC(c3ccc(C(=O)O)cc3)C2)c(Cl)c1. The third kappa shape index (κ3) is 4.93. The maximum atomic E-state index is 11.3. The Hall–Kier alpha value is -3.32. The second-order valence-corrected chi connectivity index (χ2v) is 11.4. The molecule has 8 heteroatoms. The summed E-state index contributed by atoms with van der Waals surface area (Å²) in [7, 11) is 0. The van der Waals surface area contributed by atoms with Crippen molar-refractivity contribution in [2.24, 2.45) is 0 Å². The lowest BCUT2D eigenvalue weighted by Crippen LogP contribution is -2.40. The Balaban J connectivity index is 1.18. The van der Waals surface area contributed by atoms with E-state index in [-0.39, 0.29) is 18.1 Å². The normalized spacial score (nSPS) is 20.5. The number of nitrogens with zero attached hydrogens (tertiary/aromatic N) is 1. The number of aliphatic hydroxyl groups is 1. The van der Waals surface area contributed by atoms with E-state index in [2.05, 4.69) is 5.16 Å². The topological polar surface area (TPSA) is 92.8 Å². The molecule has 2 saturated carbocycles. The van der Waals surface area contributed by atoms with Gasteiger partial charge < -0.3 is 19.5 Å². The predicted octanol–water partition coefficient (Wildman–Crippen LogP) is 7.88. The molecule has 2 fully saturated rings. The second-order valence-electron chi connectivity index (χ2n) is 10.6. The molecule has 6 rings (SSSR count). The van der Waals surface area contributed by atoms with Gasteiger partial charge in [0, 0.05) is 17.0 Å². The second kappa shape index (κ2) is 10.0. The van der Waals surface area contributed by atoms with Gasteiger partial charge in [0.15, 0.2) is 0 Å². The van der Waals surface area contributed by atoms with Crippen molar-refractivity contribution in [3.8, 4) is 17.0 Å². The number of carboxylic acids is 1. The van der Waals surface area contributed by atoms with Crippen LogP contribution < -0.4 is 4.74 Å². The van der Waals surface area contributed by atoms with Gasteiger partial charge in [-0.25, -0.2) is 4.79 Å². The summed E-state index contributed by atoms with van der Waals surface area (Å²) in [5, 5.41) is 25.8. The molecule has 1 heterocycles. The summed E-state index contributed by atoms with van der Waals surface area (Å²) in [6, 6.07) is 17.9. The summed E-state index contributed by atoms with van der Waals surface area (Å²) >= 11 is 13.2. The third-order valence-corrected chi connectivity index (χ3v) is 8.48. The van der Waals surface area contributed by atoms with E-state index in [1.54, 1.807) is 18.2 Å². The average molecular weight is 564 g/mol. The molecule has 2 N–H and O–H groups in total. The van der Waals surface area contributed by atoms with Crippen LogP contribution in [-0.2, 0) is 12.2 Å². The monoisotopic (exact) mass is 563 g/mol. The van der Waals surface area contributed by atoms with E-state index >= 15 is 0 Å². The van der Waals surface area contributed by atoms with Gasteiger partial charge in [-0.2, -0.15) is 0 Å². The van der Waals surface area contributed by atoms with Gasteiger partial charge in [0.2, 0.25) is 0 Å². The predicted molar refractivity (Wildman–Crippen MR) is 149 cm³/mol. The van der Waals surface area contributed by atoms with Crippen molar-refractivity contribution in [1.29, 1.82) is 0 Å². The molecule has 0 aliphatic heterocycles. The molecule has 3 aromatic carbocycles. The molecule has 0 bridgehead atoms. The third-order valence-electron chi connectivity index (χ3n) is 7.85. The van der Waals surface area contributed by atoms with E-state index in [9.17, 15) is 9.90 Å². The molecule has 2 aliphatic carbocycles. The molecule has 0 radical (unpaired) electrons. The van der Waals surface area contributed by atoms with Crippen molar-refractivity contribution in [2.75, 3.05) is 0 Å². The first-order valence-corrected chi connectivity index (χ1v) is 13.7. The van der Waals surface area contributed by atoms with E-state index in [1.165, 1.54) is 0 Å². The van der Waals surface area contributed by atoms with Gasteiger partial charge in [-0.1, -0.05) is 58.7 Å². The maximum Gasteiger partial charge on any atom is 0.335 e. The first-order valence-electron chi connectivity index (χ1n) is 13.0. The summed E-state index contributed by atoms with van der Waals surface area (Å²) in [5.74, 6) is 0.949. The Bertz CT molecular complexity index is 1530. The van der Waals surface area contributed by atoms with E-state index in [1.807, 2.05) is 49.4 Å². The molecular formula is C31H27Cl2NO5. The summed E-state index contributed by atoms with van der Waals surface area (Å²) < 4.78 is 11.9. The fraction of sp³-hybridized carbons (Fsp3) is 0.290. The van der Waals surface area contributed by atoms with Crippen molar-refractivity contribution in [3.63, 3.8) is 0 Å². The van der Waals surface area contributed by atoms with Gasteiger partial charge in [-0.05, 0) is 80.0 Å². The van der Waals surface area contributed by atoms with Crippen LogP contribution in [0, 0.1) is 6.92 Å². The minimum Gasteiger partial charge on any atom is -0.489 e. The molecular weight excluding hydrogens is 537 g/mol. The van der Waals surface area contributed by atoms with Gasteiger partial charge in [0.1, 0.15) is 23.8 Å². The molecule has 0 amide bonds. The molecule has 6 nitrogen and oxygen atoms in total. The molecule has 0 unspecified atom stereocenters. The standard InChI is InChI=1S/C31H27Cl2NO5/c1-17-3-2-4-25(32)27(17)28-23(29(39-34-28)19-7-8-19)16-38-22-11-12-24(26(33)13-22)31(37)14-21(15-31)18-5-9-20(10-6-18)30(35)36/h2-6,9-13,19,21,37H,7-8,14-16H2,1H3,(H,35,36). The number of hydrogen-bond donors (Lipinski definition) is 2. The first-order chi connectivity index (χ1) is 18.7. The van der Waals surface area contributed by atoms with Crippen LogP contribution in [0.1, 0.15) is 75.9 Å². The number of carbonyl (C=O) groups is 1. The summed E-state index contributed by atoms with van der Waals surface area (Å²) in [6.07, 6.45) is 3.14. The summed E-state index contributed by atoms with van der Waals surface area (Å²) in [6.45, 7) is 2.25. The zero-order chi connectivity index (χ0) is 27.3. The lowest BCUT2D eigenvalue weighted by Gasteiger charge is -2.44. The lowest BCUT2D eigenvalue weighted by molar-refractivity contribution is -0.0549. The number of aryl methyl sites for hydroxylation is 1. The van der Waals surface area contributed by atoms with Crippen LogP contribution in [0.15, 0.2) is 65.2 Å². The smallest absolute Gasteiger partial charge is 0.335 e. The fourth-order valence-corrected chi connectivity index (χ4v) is 6.14. The van der Waals surface area contributed by atoms with Crippen LogP contribution in [0.2, 0.25) is 10.0 Å². The highest BCUT2D eigenvalue weighted by Gasteiger charge is 2.45. The Morgan fingerprint density at radius 2 is 1.79 bits per heavy atom. The van der Waals surface area contributed by atoms with Gasteiger partial charge in [0.05, 0.1) is 26.8 Å². The van der Waals surface area contributed by atoms with Gasteiger partial charge >= 0.3 is 5.97 Å². The molecule has 4 aromatic rings. The van der Waals surface area contributed by atoms with E-state index < -0.39 is 11.6 Å². The van der Waals surface area contributed by atoms with Crippen LogP contribution in [0.4, 0.5) is 0 Å². The Morgan fingerprint density at radius 1 is 1.05 bits per heavy atom. The number of benzene rings is 3. The highest BCUT2D eigenvalue weighted by atomic mass is 35.5. The number of halogens is 2. The van der Waals surface area contributed by atoms with Crippen LogP contribution >= 0.6 is 23.2 Å². The maximum absolute atomic E-state index is 11.3. The van der Waals surface area contributed by atoms with Crippen molar-refractivity contribution < 1.29 is 24.3 Å². The lowest BCUT2D eigenvalue weighted by atomic mass is 9.65. The Kier molecular flexibility index (Phi) is 6.66. The zero-order valence-electron chi connectivity index (χ0n) is 21.3. The zero-order valence-corrected chi connectivity index (χ0v) is 22.8. The molecule has 0 spiro atoms. The number of carboxylic acid groups (broad SMARTS) is 1. The highest BCUT2D eigenvalue weighted by Crippen LogP contribution is 2.53. The quantitative estimate of drug-likeness (QED) is 0.226. The molecule has 2 aliphatic rings. The number of hydrogen-bond acceptors (Lipinski definition) is 5. The van der Waals surface area contributed by atoms with Crippen LogP contribution in [0.25, 0.3) is 11.3 Å². The Labute approximate surface area is 236 Å². The van der Waals surface area contributed by atoms with Gasteiger partial charge in [-0.15, -0.1) is 0 Å². The van der Waals surface area contributed by atoms with Crippen LogP contribution in [0.3, 0.4) is 0 Å². The molecule has 200 valence electrons. The first kappa shape index (κ1) is 25.9. The van der Waals surface area contributed by atoms with Crippen LogP contribution in [0.5, 0.6) is 5.75 Å². The van der Waals surface area contributed by atoms with E-state index in [0.29, 0.717) is 45.8 Å². The van der Waals surface area contributed by atoms with E-state index in [4.69, 9.17) is 37.6 Å². The largest absolute Gasteiger partial charge is 0.489 e. The number of ether oxygens (including phenoxy) is 1. The van der Waals surface area contributed by atoms with Crippen molar-refractivity contribution in [2.45, 2.75) is 56.7 Å². The fourth-order valence-electron chi connectivity index (χ4n) is 5.48. The number of rotatable bonds is 8. The molecule has 0 atom stereocenters. The number of aromatic nitrogens is 1. The van der Waals surface area contributed by atoms with Crippen molar-refractivity contribution in [3.05, 3.63) is 104 Å². The summed E-state index contributed by atoms with van der Waals surface area (Å²) in [4.78, 5) is 11.1. The van der Waals surface area contributed by atoms with E-state index in [0.717, 1.165) is 40.9 Å².